The Morgan fingerprint density at radius 2 is 2.20 bits per heavy atom. The molecule has 1 aliphatic rings. The smallest absolute Gasteiger partial charge is 0.0621 e. The minimum Gasteiger partial charge on any atom is -0.263 e. The molecule has 1 fully saturated rings. The van der Waals surface area contributed by atoms with Crippen molar-refractivity contribution in [1.82, 2.24) is 4.98 Å². The highest BCUT2D eigenvalue weighted by molar-refractivity contribution is 9.09. The molecule has 1 nitrogen and oxygen atoms in total. The first-order valence-corrected chi connectivity index (χ1v) is 6.79. The van der Waals surface area contributed by atoms with Gasteiger partial charge in [-0.15, -0.1) is 0 Å². The van der Waals surface area contributed by atoms with Gasteiger partial charge in [0.1, 0.15) is 0 Å². The molecule has 2 unspecified atom stereocenters. The summed E-state index contributed by atoms with van der Waals surface area (Å²) in [5.41, 5.74) is 1.24. The summed E-state index contributed by atoms with van der Waals surface area (Å²) in [6, 6.07) is 2.04. The van der Waals surface area contributed by atoms with Gasteiger partial charge in [-0.25, -0.2) is 0 Å². The van der Waals surface area contributed by atoms with Gasteiger partial charge in [-0.2, -0.15) is 0 Å². The first-order valence-electron chi connectivity index (χ1n) is 5.50. The van der Waals surface area contributed by atoms with Crippen LogP contribution in [-0.2, 0) is 6.42 Å². The molecule has 3 heteroatoms. The van der Waals surface area contributed by atoms with Crippen LogP contribution in [0.25, 0.3) is 0 Å². The van der Waals surface area contributed by atoms with E-state index in [1.807, 2.05) is 12.3 Å². The van der Waals surface area contributed by atoms with Crippen LogP contribution in [0, 0.1) is 5.92 Å². The van der Waals surface area contributed by atoms with Gasteiger partial charge in [-0.1, -0.05) is 40.4 Å². The van der Waals surface area contributed by atoms with E-state index >= 15 is 0 Å². The number of aromatic nitrogens is 1. The van der Waals surface area contributed by atoms with Crippen LogP contribution in [0.4, 0.5) is 0 Å². The van der Waals surface area contributed by atoms with Crippen LogP contribution in [0.3, 0.4) is 0 Å². The van der Waals surface area contributed by atoms with Gasteiger partial charge in [0.15, 0.2) is 0 Å². The summed E-state index contributed by atoms with van der Waals surface area (Å²) in [5, 5.41) is 0.808. The first kappa shape index (κ1) is 11.4. The van der Waals surface area contributed by atoms with Gasteiger partial charge in [0.05, 0.1) is 5.02 Å². The van der Waals surface area contributed by atoms with Crippen molar-refractivity contribution in [3.8, 4) is 0 Å². The lowest BCUT2D eigenvalue weighted by atomic mass is 9.85. The average Bonchev–Trinajstić information content (AvgIpc) is 2.24. The fourth-order valence-electron chi connectivity index (χ4n) is 2.24. The zero-order valence-corrected chi connectivity index (χ0v) is 11.0. The standard InChI is InChI=1S/C12H15BrClN/c13-11-4-2-1-3-9(11)7-10-5-6-15-8-12(10)14/h5-6,8-9,11H,1-4,7H2. The number of rotatable bonds is 2. The molecule has 1 heterocycles. The number of pyridine rings is 1. The third-order valence-corrected chi connectivity index (χ3v) is 4.70. The first-order chi connectivity index (χ1) is 7.27. The fraction of sp³-hybridized carbons (Fsp3) is 0.583. The Kier molecular flexibility index (Phi) is 4.04. The van der Waals surface area contributed by atoms with Crippen molar-refractivity contribution in [2.75, 3.05) is 0 Å². The molecule has 1 aromatic heterocycles. The topological polar surface area (TPSA) is 12.9 Å². The summed E-state index contributed by atoms with van der Waals surface area (Å²) in [6.45, 7) is 0. The average molecular weight is 289 g/mol. The molecule has 0 aliphatic heterocycles. The predicted molar refractivity (Wildman–Crippen MR) is 67.6 cm³/mol. The van der Waals surface area contributed by atoms with Gasteiger partial charge in [0.2, 0.25) is 0 Å². The number of halogens is 2. The predicted octanol–water partition coefficient (Wildman–Crippen LogP) is 4.23. The monoisotopic (exact) mass is 287 g/mol. The maximum atomic E-state index is 6.11. The van der Waals surface area contributed by atoms with Crippen LogP contribution in [0.2, 0.25) is 5.02 Å². The molecular weight excluding hydrogens is 273 g/mol. The molecule has 2 rings (SSSR count). The number of nitrogens with zero attached hydrogens (tertiary/aromatic N) is 1. The third-order valence-electron chi connectivity index (χ3n) is 3.15. The normalized spacial score (nSPS) is 26.5. The molecule has 1 saturated carbocycles. The molecular formula is C12H15BrClN. The van der Waals surface area contributed by atoms with Crippen molar-refractivity contribution in [2.24, 2.45) is 5.92 Å². The maximum Gasteiger partial charge on any atom is 0.0621 e. The van der Waals surface area contributed by atoms with E-state index in [2.05, 4.69) is 20.9 Å². The van der Waals surface area contributed by atoms with Gasteiger partial charge >= 0.3 is 0 Å². The van der Waals surface area contributed by atoms with E-state index in [9.17, 15) is 0 Å². The van der Waals surface area contributed by atoms with Crippen LogP contribution < -0.4 is 0 Å². The molecule has 0 amide bonds. The Bertz CT molecular complexity index is 329. The minimum atomic E-state index is 0.662. The molecule has 2 atom stereocenters. The zero-order valence-electron chi connectivity index (χ0n) is 8.63. The van der Waals surface area contributed by atoms with Gasteiger partial charge in [-0.05, 0) is 36.8 Å². The van der Waals surface area contributed by atoms with Crippen LogP contribution >= 0.6 is 27.5 Å². The Morgan fingerprint density at radius 1 is 1.40 bits per heavy atom. The van der Waals surface area contributed by atoms with Crippen LogP contribution in [0.15, 0.2) is 18.5 Å². The second kappa shape index (κ2) is 5.31. The van der Waals surface area contributed by atoms with Gasteiger partial charge in [-0.3, -0.25) is 4.98 Å². The Hall–Kier alpha value is -0.0800. The second-order valence-electron chi connectivity index (χ2n) is 4.23. The van der Waals surface area contributed by atoms with E-state index < -0.39 is 0 Å². The summed E-state index contributed by atoms with van der Waals surface area (Å²) < 4.78 is 0. The summed E-state index contributed by atoms with van der Waals surface area (Å²) >= 11 is 9.89. The molecule has 1 aromatic rings. The van der Waals surface area contributed by atoms with E-state index in [1.165, 1.54) is 31.2 Å². The van der Waals surface area contributed by atoms with Crippen molar-refractivity contribution in [3.05, 3.63) is 29.0 Å². The quantitative estimate of drug-likeness (QED) is 0.742. The number of hydrogen-bond acceptors (Lipinski definition) is 1. The highest BCUT2D eigenvalue weighted by atomic mass is 79.9. The molecule has 0 saturated heterocycles. The summed E-state index contributed by atoms with van der Waals surface area (Å²) in [5.74, 6) is 0.735. The molecule has 0 aromatic carbocycles. The molecule has 82 valence electrons. The van der Waals surface area contributed by atoms with E-state index in [4.69, 9.17) is 11.6 Å². The van der Waals surface area contributed by atoms with Gasteiger partial charge in [0, 0.05) is 17.2 Å². The van der Waals surface area contributed by atoms with Crippen molar-refractivity contribution < 1.29 is 0 Å². The van der Waals surface area contributed by atoms with Crippen molar-refractivity contribution in [2.45, 2.75) is 36.9 Å². The summed E-state index contributed by atoms with van der Waals surface area (Å²) in [6.07, 6.45) is 9.97. The Morgan fingerprint density at radius 3 is 2.93 bits per heavy atom. The highest BCUT2D eigenvalue weighted by Gasteiger charge is 2.23. The van der Waals surface area contributed by atoms with E-state index in [0.29, 0.717) is 4.83 Å². The van der Waals surface area contributed by atoms with E-state index in [1.54, 1.807) is 6.20 Å². The minimum absolute atomic E-state index is 0.662. The molecule has 0 N–H and O–H groups in total. The summed E-state index contributed by atoms with van der Waals surface area (Å²) in [4.78, 5) is 4.68. The Labute approximate surface area is 104 Å². The maximum absolute atomic E-state index is 6.11. The highest BCUT2D eigenvalue weighted by Crippen LogP contribution is 2.33. The molecule has 0 bridgehead atoms. The Balaban J connectivity index is 2.04. The molecule has 0 radical (unpaired) electrons. The molecule has 15 heavy (non-hydrogen) atoms. The number of hydrogen-bond donors (Lipinski definition) is 0. The lowest BCUT2D eigenvalue weighted by Gasteiger charge is -2.27. The van der Waals surface area contributed by atoms with Gasteiger partial charge in [0.25, 0.3) is 0 Å². The second-order valence-corrected chi connectivity index (χ2v) is 5.82. The lowest BCUT2D eigenvalue weighted by molar-refractivity contribution is 0.373. The van der Waals surface area contributed by atoms with E-state index in [-0.39, 0.29) is 0 Å². The fourth-order valence-corrected chi connectivity index (χ4v) is 3.22. The van der Waals surface area contributed by atoms with E-state index in [0.717, 1.165) is 17.4 Å². The van der Waals surface area contributed by atoms with Crippen molar-refractivity contribution in [1.29, 1.82) is 0 Å². The van der Waals surface area contributed by atoms with Crippen molar-refractivity contribution >= 4 is 27.5 Å². The van der Waals surface area contributed by atoms with Crippen LogP contribution in [-0.4, -0.2) is 9.81 Å². The summed E-state index contributed by atoms with van der Waals surface area (Å²) in [7, 11) is 0. The van der Waals surface area contributed by atoms with Crippen LogP contribution in [0.1, 0.15) is 31.2 Å². The number of alkyl halides is 1. The SMILES string of the molecule is Clc1cnccc1CC1CCCCC1Br. The lowest BCUT2D eigenvalue weighted by Crippen LogP contribution is -2.21. The third kappa shape index (κ3) is 2.94. The largest absolute Gasteiger partial charge is 0.263 e. The molecule has 0 spiro atoms. The molecule has 1 aliphatic carbocycles. The van der Waals surface area contributed by atoms with Gasteiger partial charge < -0.3 is 0 Å². The van der Waals surface area contributed by atoms with Crippen molar-refractivity contribution in [3.63, 3.8) is 0 Å². The van der Waals surface area contributed by atoms with Crippen LogP contribution in [0.5, 0.6) is 0 Å². The zero-order chi connectivity index (χ0) is 10.7.